The highest BCUT2D eigenvalue weighted by molar-refractivity contribution is 5.81. The van der Waals surface area contributed by atoms with E-state index in [0.717, 1.165) is 0 Å². The van der Waals surface area contributed by atoms with Gasteiger partial charge in [0.05, 0.1) is 11.5 Å². The number of nitrogens with one attached hydrogen (secondary N) is 1. The Morgan fingerprint density at radius 2 is 1.83 bits per heavy atom. The summed E-state index contributed by atoms with van der Waals surface area (Å²) in [7, 11) is 0. The molecule has 0 fully saturated rings. The van der Waals surface area contributed by atoms with Crippen molar-refractivity contribution >= 4 is 17.6 Å². The molecular formula is C19H18N2O8. The molecule has 2 aromatic rings. The Morgan fingerprint density at radius 3 is 2.62 bits per heavy atom. The first kappa shape index (κ1) is 19.9. The molecule has 2 aromatic carbocycles. The van der Waals surface area contributed by atoms with E-state index >= 15 is 0 Å². The average molecular weight is 402 g/mol. The van der Waals surface area contributed by atoms with Crippen LogP contribution >= 0.6 is 0 Å². The highest BCUT2D eigenvalue weighted by Crippen LogP contribution is 2.30. The number of nitro benzene ring substituents is 1. The summed E-state index contributed by atoms with van der Waals surface area (Å²) in [6.45, 7) is -0.615. The van der Waals surface area contributed by atoms with E-state index in [1.54, 1.807) is 12.1 Å². The van der Waals surface area contributed by atoms with Crippen molar-refractivity contribution in [2.75, 3.05) is 26.4 Å². The Morgan fingerprint density at radius 1 is 1.10 bits per heavy atom. The van der Waals surface area contributed by atoms with E-state index < -0.39 is 30.0 Å². The predicted molar refractivity (Wildman–Crippen MR) is 98.9 cm³/mol. The molecule has 0 saturated carbocycles. The number of para-hydroxylation sites is 4. The summed E-state index contributed by atoms with van der Waals surface area (Å²) in [4.78, 5) is 33.8. The van der Waals surface area contributed by atoms with Crippen molar-refractivity contribution in [3.8, 4) is 17.2 Å². The lowest BCUT2D eigenvalue weighted by molar-refractivity contribution is -0.385. The third-order valence-corrected chi connectivity index (χ3v) is 3.87. The standard InChI is InChI=1S/C19H18N2O8/c22-18(20-9-13-10-26-16-7-3-4-8-17(16)29-13)11-28-19(23)12-27-15-6-2-1-5-14(15)21(24)25/h1-8,13H,9-12H2,(H,20,22)/t13-/m0/s1. The van der Waals surface area contributed by atoms with Gasteiger partial charge in [-0.25, -0.2) is 4.79 Å². The third-order valence-electron chi connectivity index (χ3n) is 3.87. The maximum atomic E-state index is 11.8. The summed E-state index contributed by atoms with van der Waals surface area (Å²) in [5.74, 6) is -0.177. The number of benzene rings is 2. The Kier molecular flexibility index (Phi) is 6.46. The number of ether oxygens (including phenoxy) is 4. The SMILES string of the molecule is O=C(COC(=O)COc1ccccc1[N+](=O)[O-])NC[C@H]1COc2ccccc2O1. The first-order valence-electron chi connectivity index (χ1n) is 8.70. The second kappa shape index (κ2) is 9.40. The van der Waals surface area contributed by atoms with E-state index in [-0.39, 0.29) is 30.7 Å². The van der Waals surface area contributed by atoms with Crippen LogP contribution in [0.4, 0.5) is 5.69 Å². The summed E-state index contributed by atoms with van der Waals surface area (Å²) >= 11 is 0. The van der Waals surface area contributed by atoms with E-state index in [1.165, 1.54) is 24.3 Å². The normalized spacial score (nSPS) is 14.6. The summed E-state index contributed by atoms with van der Waals surface area (Å²) in [5, 5.41) is 13.5. The van der Waals surface area contributed by atoms with E-state index in [0.29, 0.717) is 11.5 Å². The van der Waals surface area contributed by atoms with Gasteiger partial charge < -0.3 is 24.3 Å². The number of fused-ring (bicyclic) bond motifs is 1. The molecule has 0 saturated heterocycles. The summed E-state index contributed by atoms with van der Waals surface area (Å²) in [6, 6.07) is 12.8. The van der Waals surface area contributed by atoms with E-state index in [2.05, 4.69) is 5.32 Å². The first-order chi connectivity index (χ1) is 14.0. The number of amides is 1. The number of rotatable bonds is 8. The second-order valence-electron chi connectivity index (χ2n) is 5.98. The van der Waals surface area contributed by atoms with Gasteiger partial charge in [-0.2, -0.15) is 0 Å². The van der Waals surface area contributed by atoms with Crippen LogP contribution in [0, 0.1) is 10.1 Å². The summed E-state index contributed by atoms with van der Waals surface area (Å²) in [6.07, 6.45) is -0.369. The Balaban J connectivity index is 1.36. The molecule has 1 atom stereocenters. The molecule has 1 aliphatic heterocycles. The molecule has 0 aliphatic carbocycles. The number of nitrogens with zero attached hydrogens (tertiary/aromatic N) is 1. The molecule has 1 aliphatic rings. The van der Waals surface area contributed by atoms with Crippen molar-refractivity contribution in [3.63, 3.8) is 0 Å². The fraction of sp³-hybridized carbons (Fsp3) is 0.263. The molecule has 0 aromatic heterocycles. The molecule has 29 heavy (non-hydrogen) atoms. The number of carbonyl (C=O) groups excluding carboxylic acids is 2. The van der Waals surface area contributed by atoms with E-state index in [4.69, 9.17) is 18.9 Å². The smallest absolute Gasteiger partial charge is 0.344 e. The summed E-state index contributed by atoms with van der Waals surface area (Å²) < 4.78 is 21.1. The van der Waals surface area contributed by atoms with Crippen LogP contribution in [0.15, 0.2) is 48.5 Å². The molecule has 1 amide bonds. The van der Waals surface area contributed by atoms with Gasteiger partial charge in [-0.15, -0.1) is 0 Å². The van der Waals surface area contributed by atoms with Crippen LogP contribution in [0.5, 0.6) is 17.2 Å². The van der Waals surface area contributed by atoms with Gasteiger partial charge in [-0.3, -0.25) is 14.9 Å². The topological polar surface area (TPSA) is 126 Å². The van der Waals surface area contributed by atoms with Gasteiger partial charge in [0.1, 0.15) is 12.7 Å². The molecule has 0 radical (unpaired) electrons. The molecule has 1 heterocycles. The lowest BCUT2D eigenvalue weighted by atomic mass is 10.2. The van der Waals surface area contributed by atoms with Gasteiger partial charge in [-0.1, -0.05) is 24.3 Å². The zero-order valence-electron chi connectivity index (χ0n) is 15.2. The van der Waals surface area contributed by atoms with E-state index in [9.17, 15) is 19.7 Å². The minimum atomic E-state index is -0.829. The van der Waals surface area contributed by atoms with Crippen molar-refractivity contribution < 1.29 is 33.5 Å². The molecule has 0 unspecified atom stereocenters. The largest absolute Gasteiger partial charge is 0.486 e. The average Bonchev–Trinajstić information content (AvgIpc) is 2.74. The van der Waals surface area contributed by atoms with Crippen molar-refractivity contribution in [1.29, 1.82) is 0 Å². The van der Waals surface area contributed by atoms with Crippen LogP contribution in [-0.4, -0.2) is 49.3 Å². The number of carbonyl (C=O) groups is 2. The number of hydrogen-bond acceptors (Lipinski definition) is 8. The zero-order chi connectivity index (χ0) is 20.6. The molecular weight excluding hydrogens is 384 g/mol. The van der Waals surface area contributed by atoms with Crippen LogP contribution in [-0.2, 0) is 14.3 Å². The maximum Gasteiger partial charge on any atom is 0.344 e. The molecule has 10 nitrogen and oxygen atoms in total. The molecule has 10 heteroatoms. The van der Waals surface area contributed by atoms with Gasteiger partial charge in [0.15, 0.2) is 30.5 Å². The van der Waals surface area contributed by atoms with Crippen molar-refractivity contribution in [1.82, 2.24) is 5.32 Å². The van der Waals surface area contributed by atoms with Gasteiger partial charge in [0, 0.05) is 6.07 Å². The first-order valence-corrected chi connectivity index (χ1v) is 8.70. The zero-order valence-corrected chi connectivity index (χ0v) is 15.2. The number of hydrogen-bond donors (Lipinski definition) is 1. The number of nitro groups is 1. The van der Waals surface area contributed by atoms with E-state index in [1.807, 2.05) is 12.1 Å². The Labute approximate surface area is 165 Å². The minimum Gasteiger partial charge on any atom is -0.486 e. The predicted octanol–water partition coefficient (Wildman–Crippen LogP) is 1.47. The van der Waals surface area contributed by atoms with Crippen LogP contribution in [0.3, 0.4) is 0 Å². The molecule has 1 N–H and O–H groups in total. The van der Waals surface area contributed by atoms with Crippen LogP contribution in [0.25, 0.3) is 0 Å². The van der Waals surface area contributed by atoms with Crippen molar-refractivity contribution in [2.45, 2.75) is 6.10 Å². The van der Waals surface area contributed by atoms with Gasteiger partial charge >= 0.3 is 11.7 Å². The minimum absolute atomic E-state index is 0.0615. The lowest BCUT2D eigenvalue weighted by Gasteiger charge is -2.26. The fourth-order valence-corrected chi connectivity index (χ4v) is 2.50. The van der Waals surface area contributed by atoms with Crippen LogP contribution in [0.1, 0.15) is 0 Å². The van der Waals surface area contributed by atoms with Crippen LogP contribution < -0.4 is 19.5 Å². The van der Waals surface area contributed by atoms with Gasteiger partial charge in [0.2, 0.25) is 0 Å². The summed E-state index contributed by atoms with van der Waals surface area (Å²) in [5.41, 5.74) is -0.269. The Bertz CT molecular complexity index is 901. The lowest BCUT2D eigenvalue weighted by Crippen LogP contribution is -2.42. The van der Waals surface area contributed by atoms with Crippen molar-refractivity contribution in [3.05, 3.63) is 58.6 Å². The molecule has 152 valence electrons. The van der Waals surface area contributed by atoms with Crippen molar-refractivity contribution in [2.24, 2.45) is 0 Å². The Hall–Kier alpha value is -3.82. The highest BCUT2D eigenvalue weighted by Gasteiger charge is 2.21. The molecule has 0 spiro atoms. The van der Waals surface area contributed by atoms with Crippen LogP contribution in [0.2, 0.25) is 0 Å². The number of esters is 1. The second-order valence-corrected chi connectivity index (χ2v) is 5.98. The quantitative estimate of drug-likeness (QED) is 0.400. The van der Waals surface area contributed by atoms with Gasteiger partial charge in [0.25, 0.3) is 5.91 Å². The molecule has 3 rings (SSSR count). The molecule has 0 bridgehead atoms. The third kappa shape index (κ3) is 5.58. The van der Waals surface area contributed by atoms with Gasteiger partial charge in [-0.05, 0) is 18.2 Å². The highest BCUT2D eigenvalue weighted by atomic mass is 16.6. The monoisotopic (exact) mass is 402 g/mol. The fourth-order valence-electron chi connectivity index (χ4n) is 2.50. The maximum absolute atomic E-state index is 11.8.